The van der Waals surface area contributed by atoms with Gasteiger partial charge in [-0.3, -0.25) is 14.5 Å². The molecule has 1 aromatic carbocycles. The van der Waals surface area contributed by atoms with Gasteiger partial charge < -0.3 is 19.0 Å². The van der Waals surface area contributed by atoms with E-state index in [2.05, 4.69) is 31.5 Å². The molecule has 3 aromatic heterocycles. The van der Waals surface area contributed by atoms with Crippen molar-refractivity contribution in [1.29, 1.82) is 0 Å². The van der Waals surface area contributed by atoms with Crippen molar-refractivity contribution in [3.05, 3.63) is 75.2 Å². The van der Waals surface area contributed by atoms with Gasteiger partial charge >= 0.3 is 0 Å². The van der Waals surface area contributed by atoms with Crippen molar-refractivity contribution in [3.63, 3.8) is 0 Å². The molecule has 0 bridgehead atoms. The number of benzene rings is 1. The van der Waals surface area contributed by atoms with E-state index >= 15 is 0 Å². The van der Waals surface area contributed by atoms with E-state index in [9.17, 15) is 9.59 Å². The van der Waals surface area contributed by atoms with Gasteiger partial charge in [0.15, 0.2) is 11.6 Å². The van der Waals surface area contributed by atoms with E-state index in [0.717, 1.165) is 41.5 Å². The number of furan rings is 1. The Morgan fingerprint density at radius 1 is 1.18 bits per heavy atom. The Labute approximate surface area is 219 Å². The minimum absolute atomic E-state index is 0.0424. The highest BCUT2D eigenvalue weighted by atomic mass is 16.5. The molecule has 5 heterocycles. The van der Waals surface area contributed by atoms with Crippen molar-refractivity contribution in [3.8, 4) is 0 Å². The number of aromatic amines is 1. The van der Waals surface area contributed by atoms with Gasteiger partial charge in [0.2, 0.25) is 0 Å². The molecule has 11 heteroatoms. The first-order valence-electron chi connectivity index (χ1n) is 13.1. The van der Waals surface area contributed by atoms with Gasteiger partial charge in [0.25, 0.3) is 11.5 Å². The van der Waals surface area contributed by atoms with Crippen LogP contribution in [0, 0.1) is 13.8 Å². The molecule has 1 N–H and O–H groups in total. The molecule has 0 spiro atoms. The number of piperazine rings is 1. The van der Waals surface area contributed by atoms with Gasteiger partial charge in [-0.15, -0.1) is 5.10 Å². The smallest absolute Gasteiger partial charge is 0.289 e. The molecule has 0 unspecified atom stereocenters. The number of hydrogen-bond acceptors (Lipinski definition) is 8. The molecule has 0 saturated carbocycles. The van der Waals surface area contributed by atoms with Crippen LogP contribution in [-0.2, 0) is 11.3 Å². The maximum absolute atomic E-state index is 13.6. The van der Waals surface area contributed by atoms with Crippen LogP contribution in [0.5, 0.6) is 0 Å². The summed E-state index contributed by atoms with van der Waals surface area (Å²) in [6.45, 7) is 7.42. The van der Waals surface area contributed by atoms with E-state index in [1.165, 1.54) is 6.26 Å². The molecular formula is C27H31N7O4. The molecule has 2 fully saturated rings. The number of nitrogens with zero attached hydrogens (tertiary/aromatic N) is 6. The highest BCUT2D eigenvalue weighted by molar-refractivity contribution is 5.91. The number of pyridine rings is 1. The van der Waals surface area contributed by atoms with Gasteiger partial charge in [-0.05, 0) is 72.5 Å². The quantitative estimate of drug-likeness (QED) is 0.414. The predicted octanol–water partition coefficient (Wildman–Crippen LogP) is 2.45. The molecule has 6 rings (SSSR count). The number of aryl methyl sites for hydroxylation is 2. The number of H-pyrrole nitrogens is 1. The van der Waals surface area contributed by atoms with Crippen molar-refractivity contribution in [2.24, 2.45) is 0 Å². The van der Waals surface area contributed by atoms with Crippen LogP contribution in [0.1, 0.15) is 52.0 Å². The zero-order valence-electron chi connectivity index (χ0n) is 21.6. The number of nitrogens with one attached hydrogen (secondary N) is 1. The summed E-state index contributed by atoms with van der Waals surface area (Å²) < 4.78 is 12.9. The predicted molar refractivity (Wildman–Crippen MR) is 139 cm³/mol. The molecular weight excluding hydrogens is 486 g/mol. The molecule has 2 aliphatic heterocycles. The van der Waals surface area contributed by atoms with Crippen molar-refractivity contribution < 1.29 is 13.9 Å². The Morgan fingerprint density at radius 2 is 2.03 bits per heavy atom. The highest BCUT2D eigenvalue weighted by Gasteiger charge is 2.35. The van der Waals surface area contributed by atoms with E-state index in [0.29, 0.717) is 49.9 Å². The fraction of sp³-hybridized carbons (Fsp3) is 0.444. The Hall–Kier alpha value is -3.83. The summed E-state index contributed by atoms with van der Waals surface area (Å²) in [5, 5.41) is 13.7. The SMILES string of the molecule is Cc1cc(C)c2cc([C@H](c3nnnn3C[C@@H]3CCCO3)N3CCN(C(=O)c4ccco4)CC3)c(=O)[nH]c2c1. The molecule has 2 saturated heterocycles. The van der Waals surface area contributed by atoms with Crippen LogP contribution in [0.2, 0.25) is 0 Å². The second-order valence-corrected chi connectivity index (χ2v) is 10.2. The van der Waals surface area contributed by atoms with Gasteiger partial charge in [0.1, 0.15) is 6.04 Å². The van der Waals surface area contributed by atoms with Crippen molar-refractivity contribution in [2.75, 3.05) is 32.8 Å². The minimum atomic E-state index is -0.485. The second kappa shape index (κ2) is 10.1. The maximum atomic E-state index is 13.6. The van der Waals surface area contributed by atoms with Crippen LogP contribution in [-0.4, -0.2) is 79.8 Å². The van der Waals surface area contributed by atoms with Gasteiger partial charge in [-0.2, -0.15) is 0 Å². The van der Waals surface area contributed by atoms with Crippen LogP contribution in [0.25, 0.3) is 10.9 Å². The lowest BCUT2D eigenvalue weighted by atomic mass is 9.99. The largest absolute Gasteiger partial charge is 0.459 e. The summed E-state index contributed by atoms with van der Waals surface area (Å²) in [5.41, 5.74) is 3.39. The third kappa shape index (κ3) is 4.63. The molecule has 38 heavy (non-hydrogen) atoms. The lowest BCUT2D eigenvalue weighted by molar-refractivity contribution is 0.0550. The van der Waals surface area contributed by atoms with Crippen LogP contribution >= 0.6 is 0 Å². The number of carbonyl (C=O) groups is 1. The topological polar surface area (TPSA) is 122 Å². The monoisotopic (exact) mass is 517 g/mol. The fourth-order valence-corrected chi connectivity index (χ4v) is 5.65. The van der Waals surface area contributed by atoms with Crippen molar-refractivity contribution in [1.82, 2.24) is 35.0 Å². The van der Waals surface area contributed by atoms with E-state index in [1.807, 2.05) is 26.0 Å². The molecule has 4 aromatic rings. The Morgan fingerprint density at radius 3 is 2.76 bits per heavy atom. The second-order valence-electron chi connectivity index (χ2n) is 10.2. The Bertz CT molecular complexity index is 1500. The standard InChI is InChI=1S/C27H31N7O4/c1-17-13-18(2)20-15-21(26(35)28-22(20)14-17)24(25-29-30-31-34(25)16-19-5-3-11-37-19)32-7-9-33(10-8-32)27(36)23-6-4-12-38-23/h4,6,12-15,19,24H,3,5,7-11,16H2,1-2H3,(H,28,35)/t19-,24+/m0/s1. The summed E-state index contributed by atoms with van der Waals surface area (Å²) in [6.07, 6.45) is 3.51. The van der Waals surface area contributed by atoms with Crippen molar-refractivity contribution in [2.45, 2.75) is 45.4 Å². The Balaban J connectivity index is 1.37. The normalized spacial score (nSPS) is 19.3. The van der Waals surface area contributed by atoms with Gasteiger partial charge in [-0.1, -0.05) is 6.07 Å². The van der Waals surface area contributed by atoms with Gasteiger partial charge in [0.05, 0.1) is 18.9 Å². The number of aromatic nitrogens is 5. The molecule has 2 aliphatic rings. The Kier molecular flexibility index (Phi) is 6.54. The molecule has 11 nitrogen and oxygen atoms in total. The summed E-state index contributed by atoms with van der Waals surface area (Å²) in [4.78, 5) is 33.5. The number of carbonyl (C=O) groups excluding carboxylic acids is 1. The molecule has 198 valence electrons. The molecule has 0 radical (unpaired) electrons. The van der Waals surface area contributed by atoms with Crippen LogP contribution in [0.15, 0.2) is 45.8 Å². The summed E-state index contributed by atoms with van der Waals surface area (Å²) in [5.74, 6) is 0.789. The number of hydrogen-bond donors (Lipinski definition) is 1. The number of rotatable bonds is 6. The molecule has 2 atom stereocenters. The zero-order chi connectivity index (χ0) is 26.2. The number of ether oxygens (including phenoxy) is 1. The minimum Gasteiger partial charge on any atom is -0.459 e. The first kappa shape index (κ1) is 24.5. The number of tetrazole rings is 1. The third-order valence-electron chi connectivity index (χ3n) is 7.54. The lowest BCUT2D eigenvalue weighted by Gasteiger charge is -2.38. The molecule has 0 aliphatic carbocycles. The lowest BCUT2D eigenvalue weighted by Crippen LogP contribution is -2.50. The average molecular weight is 518 g/mol. The van der Waals surface area contributed by atoms with Crippen molar-refractivity contribution >= 4 is 16.8 Å². The van der Waals surface area contributed by atoms with Crippen LogP contribution in [0.3, 0.4) is 0 Å². The van der Waals surface area contributed by atoms with E-state index < -0.39 is 6.04 Å². The average Bonchev–Trinajstić information content (AvgIpc) is 3.69. The first-order valence-corrected chi connectivity index (χ1v) is 13.1. The van der Waals surface area contributed by atoms with Crippen LogP contribution < -0.4 is 5.56 Å². The molecule has 1 amide bonds. The summed E-state index contributed by atoms with van der Waals surface area (Å²) >= 11 is 0. The van der Waals surface area contributed by atoms with E-state index in [4.69, 9.17) is 9.15 Å². The fourth-order valence-electron chi connectivity index (χ4n) is 5.65. The first-order chi connectivity index (χ1) is 18.5. The number of fused-ring (bicyclic) bond motifs is 1. The van der Waals surface area contributed by atoms with Gasteiger partial charge in [-0.25, -0.2) is 4.68 Å². The third-order valence-corrected chi connectivity index (χ3v) is 7.54. The zero-order valence-corrected chi connectivity index (χ0v) is 21.6. The van der Waals surface area contributed by atoms with Crippen LogP contribution in [0.4, 0.5) is 0 Å². The van der Waals surface area contributed by atoms with E-state index in [1.54, 1.807) is 21.7 Å². The summed E-state index contributed by atoms with van der Waals surface area (Å²) in [6, 6.07) is 8.97. The van der Waals surface area contributed by atoms with E-state index in [-0.39, 0.29) is 17.6 Å². The number of amides is 1. The maximum Gasteiger partial charge on any atom is 0.289 e. The summed E-state index contributed by atoms with van der Waals surface area (Å²) in [7, 11) is 0. The highest BCUT2D eigenvalue weighted by Crippen LogP contribution is 2.30. The van der Waals surface area contributed by atoms with Gasteiger partial charge in [0, 0.05) is 49.3 Å².